The fraction of sp³-hybridized carbons (Fsp3) is 0.409. The molecule has 0 radical (unpaired) electrons. The molecular weight excluding hydrogens is 544 g/mol. The summed E-state index contributed by atoms with van der Waals surface area (Å²) in [5.41, 5.74) is 1.56. The van der Waals surface area contributed by atoms with E-state index in [2.05, 4.69) is 15.1 Å². The van der Waals surface area contributed by atoms with Crippen LogP contribution >= 0.6 is 24.0 Å². The number of nitrogens with one attached hydrogen (secondary N) is 1. The van der Waals surface area contributed by atoms with Crippen molar-refractivity contribution in [2.75, 3.05) is 51.7 Å². The van der Waals surface area contributed by atoms with Crippen LogP contribution in [-0.2, 0) is 16.6 Å². The van der Waals surface area contributed by atoms with Gasteiger partial charge in [-0.1, -0.05) is 24.3 Å². The number of halogens is 2. The number of piperazine rings is 1. The summed E-state index contributed by atoms with van der Waals surface area (Å²) in [5, 5.41) is 3.32. The van der Waals surface area contributed by atoms with Gasteiger partial charge in [-0.2, -0.15) is 0 Å². The lowest BCUT2D eigenvalue weighted by Crippen LogP contribution is -2.52. The van der Waals surface area contributed by atoms with Crippen LogP contribution in [0.3, 0.4) is 0 Å². The fourth-order valence-corrected chi connectivity index (χ4v) is 4.34. The van der Waals surface area contributed by atoms with Crippen molar-refractivity contribution in [1.29, 1.82) is 0 Å². The van der Waals surface area contributed by atoms with Crippen LogP contribution in [0.4, 0.5) is 10.1 Å². The van der Waals surface area contributed by atoms with Gasteiger partial charge in [0.25, 0.3) is 0 Å². The molecule has 0 bridgehead atoms. The van der Waals surface area contributed by atoms with Crippen LogP contribution in [0, 0.1) is 5.82 Å². The van der Waals surface area contributed by atoms with Gasteiger partial charge in [-0.15, -0.1) is 24.0 Å². The summed E-state index contributed by atoms with van der Waals surface area (Å²) in [7, 11) is -0.404. The molecular formula is C22H31FIN5O2S. The molecule has 1 heterocycles. The van der Waals surface area contributed by atoms with Gasteiger partial charge in [-0.05, 0) is 36.8 Å². The lowest BCUT2D eigenvalue weighted by atomic mass is 10.2. The number of para-hydroxylation sites is 1. The molecule has 3 rings (SSSR count). The Labute approximate surface area is 207 Å². The van der Waals surface area contributed by atoms with Gasteiger partial charge < -0.3 is 15.1 Å². The molecule has 0 spiro atoms. The Kier molecular flexibility index (Phi) is 9.71. The molecule has 0 aliphatic carbocycles. The molecule has 0 unspecified atom stereocenters. The summed E-state index contributed by atoms with van der Waals surface area (Å²) in [5.74, 6) is 0.608. The van der Waals surface area contributed by atoms with Gasteiger partial charge in [0.2, 0.25) is 10.0 Å². The van der Waals surface area contributed by atoms with E-state index in [0.29, 0.717) is 25.3 Å². The van der Waals surface area contributed by atoms with E-state index in [0.717, 1.165) is 31.2 Å². The van der Waals surface area contributed by atoms with Gasteiger partial charge >= 0.3 is 0 Å². The van der Waals surface area contributed by atoms with E-state index in [-0.39, 0.29) is 34.7 Å². The van der Waals surface area contributed by atoms with Gasteiger partial charge in [-0.3, -0.25) is 0 Å². The summed E-state index contributed by atoms with van der Waals surface area (Å²) in [6.45, 7) is 6.10. The number of rotatable bonds is 6. The van der Waals surface area contributed by atoms with Gasteiger partial charge in [0.05, 0.1) is 17.1 Å². The van der Waals surface area contributed by atoms with Crippen LogP contribution in [0.5, 0.6) is 0 Å². The predicted octanol–water partition coefficient (Wildman–Crippen LogP) is 2.98. The van der Waals surface area contributed by atoms with E-state index < -0.39 is 10.0 Å². The maximum Gasteiger partial charge on any atom is 0.242 e. The van der Waals surface area contributed by atoms with Crippen molar-refractivity contribution in [2.24, 2.45) is 4.99 Å². The monoisotopic (exact) mass is 575 g/mol. The van der Waals surface area contributed by atoms with Crippen LogP contribution in [-0.4, -0.2) is 70.4 Å². The Hall–Kier alpha value is -1.92. The zero-order valence-corrected chi connectivity index (χ0v) is 21.8. The zero-order chi connectivity index (χ0) is 22.4. The average molecular weight is 575 g/mol. The Balaban J connectivity index is 0.00000363. The second kappa shape index (κ2) is 11.8. The smallest absolute Gasteiger partial charge is 0.242 e. The molecule has 2 aromatic rings. The zero-order valence-electron chi connectivity index (χ0n) is 18.7. The normalized spacial score (nSPS) is 15.0. The molecule has 176 valence electrons. The Bertz CT molecular complexity index is 1010. The Morgan fingerprint density at radius 3 is 2.25 bits per heavy atom. The van der Waals surface area contributed by atoms with E-state index in [9.17, 15) is 12.8 Å². The standard InChI is InChI=1S/C22H30FN5O2S.HI/c1-4-24-22(25-17-18-9-11-19(12-10-18)31(29,30)26(2)3)28-15-13-27(14-16-28)21-8-6-5-7-20(21)23;/h5-12H,4,13-17H2,1-3H3,(H,24,25);1H. The molecule has 0 saturated carbocycles. The number of hydrogen-bond donors (Lipinski definition) is 1. The quantitative estimate of drug-likeness (QED) is 0.326. The van der Waals surface area contributed by atoms with Crippen molar-refractivity contribution in [3.8, 4) is 0 Å². The molecule has 2 aromatic carbocycles. The van der Waals surface area contributed by atoms with E-state index in [1.807, 2.05) is 19.1 Å². The first-order chi connectivity index (χ1) is 14.8. The van der Waals surface area contributed by atoms with Crippen LogP contribution in [0.2, 0.25) is 0 Å². The van der Waals surface area contributed by atoms with Gasteiger partial charge in [0, 0.05) is 46.8 Å². The first kappa shape index (κ1) is 26.3. The number of aliphatic imine (C=N–C) groups is 1. The minimum Gasteiger partial charge on any atom is -0.366 e. The van der Waals surface area contributed by atoms with Gasteiger partial charge in [0.1, 0.15) is 5.82 Å². The third-order valence-electron chi connectivity index (χ3n) is 5.22. The van der Waals surface area contributed by atoms with Crippen LogP contribution < -0.4 is 10.2 Å². The molecule has 1 aliphatic heterocycles. The molecule has 1 aliphatic rings. The summed E-state index contributed by atoms with van der Waals surface area (Å²) in [4.78, 5) is 9.22. The first-order valence-corrected chi connectivity index (χ1v) is 11.8. The molecule has 0 atom stereocenters. The minimum atomic E-state index is -3.44. The highest BCUT2D eigenvalue weighted by Gasteiger charge is 2.21. The van der Waals surface area contributed by atoms with Crippen LogP contribution in [0.15, 0.2) is 58.4 Å². The first-order valence-electron chi connectivity index (χ1n) is 10.4. The molecule has 10 heteroatoms. The predicted molar refractivity (Wildman–Crippen MR) is 138 cm³/mol. The Morgan fingerprint density at radius 1 is 1.06 bits per heavy atom. The molecule has 1 saturated heterocycles. The summed E-state index contributed by atoms with van der Waals surface area (Å²) >= 11 is 0. The molecule has 7 nitrogen and oxygen atoms in total. The average Bonchev–Trinajstić information content (AvgIpc) is 2.77. The summed E-state index contributed by atoms with van der Waals surface area (Å²) < 4.78 is 39.7. The van der Waals surface area contributed by atoms with E-state index >= 15 is 0 Å². The highest BCUT2D eigenvalue weighted by Crippen LogP contribution is 2.20. The van der Waals surface area contributed by atoms with Crippen LogP contribution in [0.25, 0.3) is 0 Å². The number of hydrogen-bond acceptors (Lipinski definition) is 4. The van der Waals surface area contributed by atoms with Crippen molar-refractivity contribution in [3.05, 3.63) is 59.9 Å². The fourth-order valence-electron chi connectivity index (χ4n) is 3.44. The molecule has 32 heavy (non-hydrogen) atoms. The molecule has 1 N–H and O–H groups in total. The van der Waals surface area contributed by atoms with E-state index in [1.54, 1.807) is 30.3 Å². The van der Waals surface area contributed by atoms with Gasteiger partial charge in [-0.25, -0.2) is 22.1 Å². The van der Waals surface area contributed by atoms with Crippen molar-refractivity contribution >= 4 is 45.6 Å². The number of sulfonamides is 1. The second-order valence-electron chi connectivity index (χ2n) is 7.53. The van der Waals surface area contributed by atoms with E-state index in [1.165, 1.54) is 24.5 Å². The molecule has 1 fully saturated rings. The third-order valence-corrected chi connectivity index (χ3v) is 7.05. The SMILES string of the molecule is CCNC(=NCc1ccc(S(=O)(=O)N(C)C)cc1)N1CCN(c2ccccc2F)CC1.I. The van der Waals surface area contributed by atoms with Crippen molar-refractivity contribution in [3.63, 3.8) is 0 Å². The van der Waals surface area contributed by atoms with E-state index in [4.69, 9.17) is 4.99 Å². The number of anilines is 1. The minimum absolute atomic E-state index is 0. The second-order valence-corrected chi connectivity index (χ2v) is 9.68. The molecule has 0 aromatic heterocycles. The van der Waals surface area contributed by atoms with Crippen LogP contribution in [0.1, 0.15) is 12.5 Å². The highest BCUT2D eigenvalue weighted by atomic mass is 127. The number of nitrogens with zero attached hydrogens (tertiary/aromatic N) is 4. The van der Waals surface area contributed by atoms with Crippen molar-refractivity contribution < 1.29 is 12.8 Å². The lowest BCUT2D eigenvalue weighted by Gasteiger charge is -2.37. The number of guanidine groups is 1. The summed E-state index contributed by atoms with van der Waals surface area (Å²) in [6, 6.07) is 13.7. The summed E-state index contributed by atoms with van der Waals surface area (Å²) in [6.07, 6.45) is 0. The maximum absolute atomic E-state index is 14.1. The lowest BCUT2D eigenvalue weighted by molar-refractivity contribution is 0.370. The van der Waals surface area contributed by atoms with Crippen molar-refractivity contribution in [2.45, 2.75) is 18.4 Å². The third kappa shape index (κ3) is 6.32. The van der Waals surface area contributed by atoms with Crippen molar-refractivity contribution in [1.82, 2.24) is 14.5 Å². The Morgan fingerprint density at radius 2 is 1.69 bits per heavy atom. The largest absolute Gasteiger partial charge is 0.366 e. The van der Waals surface area contributed by atoms with Gasteiger partial charge in [0.15, 0.2) is 5.96 Å². The highest BCUT2D eigenvalue weighted by molar-refractivity contribution is 14.0. The molecule has 0 amide bonds. The maximum atomic E-state index is 14.1. The number of benzene rings is 2. The topological polar surface area (TPSA) is 68.2 Å².